The SMILES string of the molecule is O=c1cc(C(F)(F)F)cnn1-c1cc(Oc2ccccc2O)c(Cl)cc1F. The Kier molecular flexibility index (Phi) is 4.79. The minimum atomic E-state index is -4.76. The zero-order valence-electron chi connectivity index (χ0n) is 13.2. The van der Waals surface area contributed by atoms with Crippen molar-refractivity contribution in [3.8, 4) is 22.9 Å². The van der Waals surface area contributed by atoms with Crippen LogP contribution in [0.5, 0.6) is 17.2 Å². The van der Waals surface area contributed by atoms with Gasteiger partial charge in [0.15, 0.2) is 17.3 Å². The number of benzene rings is 2. The zero-order valence-corrected chi connectivity index (χ0v) is 13.9. The number of halogens is 5. The molecule has 10 heteroatoms. The molecule has 27 heavy (non-hydrogen) atoms. The van der Waals surface area contributed by atoms with Crippen molar-refractivity contribution in [2.45, 2.75) is 6.18 Å². The van der Waals surface area contributed by atoms with Crippen LogP contribution < -0.4 is 10.3 Å². The average molecular weight is 401 g/mol. The summed E-state index contributed by atoms with van der Waals surface area (Å²) in [6.45, 7) is 0. The molecule has 1 N–H and O–H groups in total. The van der Waals surface area contributed by atoms with Gasteiger partial charge in [0.1, 0.15) is 11.4 Å². The van der Waals surface area contributed by atoms with Gasteiger partial charge in [0, 0.05) is 12.1 Å². The van der Waals surface area contributed by atoms with Crippen LogP contribution in [-0.2, 0) is 6.18 Å². The third-order valence-electron chi connectivity index (χ3n) is 3.44. The number of alkyl halides is 3. The zero-order chi connectivity index (χ0) is 19.8. The molecule has 0 saturated carbocycles. The number of aromatic hydroxyl groups is 1. The van der Waals surface area contributed by atoms with Crippen molar-refractivity contribution in [2.75, 3.05) is 0 Å². The summed E-state index contributed by atoms with van der Waals surface area (Å²) in [7, 11) is 0. The number of hydrogen-bond acceptors (Lipinski definition) is 4. The van der Waals surface area contributed by atoms with E-state index in [2.05, 4.69) is 5.10 Å². The van der Waals surface area contributed by atoms with Gasteiger partial charge >= 0.3 is 6.18 Å². The second-order valence-corrected chi connectivity index (χ2v) is 5.70. The molecular formula is C17H9ClF4N2O3. The highest BCUT2D eigenvalue weighted by Gasteiger charge is 2.32. The Morgan fingerprint density at radius 2 is 1.81 bits per heavy atom. The van der Waals surface area contributed by atoms with E-state index in [0.717, 1.165) is 12.1 Å². The summed E-state index contributed by atoms with van der Waals surface area (Å²) >= 11 is 5.91. The predicted molar refractivity (Wildman–Crippen MR) is 88.0 cm³/mol. The van der Waals surface area contributed by atoms with Gasteiger partial charge in [-0.2, -0.15) is 23.0 Å². The molecule has 2 aromatic carbocycles. The third kappa shape index (κ3) is 3.87. The number of phenolic OH excluding ortho intramolecular Hbond substituents is 1. The quantitative estimate of drug-likeness (QED) is 0.655. The lowest BCUT2D eigenvalue weighted by Crippen LogP contribution is -2.24. The fourth-order valence-corrected chi connectivity index (χ4v) is 2.35. The van der Waals surface area contributed by atoms with Crippen molar-refractivity contribution in [2.24, 2.45) is 0 Å². The number of phenols is 1. The standard InChI is InChI=1S/C17H9ClF4N2O3/c18-10-6-11(19)12(7-15(10)27-14-4-2-1-3-13(14)25)24-16(26)5-9(8-23-24)17(20,21)22/h1-8,25H. The molecule has 0 aliphatic heterocycles. The second-order valence-electron chi connectivity index (χ2n) is 5.30. The van der Waals surface area contributed by atoms with E-state index in [1.54, 1.807) is 12.1 Å². The Balaban J connectivity index is 2.07. The van der Waals surface area contributed by atoms with Gasteiger partial charge < -0.3 is 9.84 Å². The van der Waals surface area contributed by atoms with Gasteiger partial charge in [-0.05, 0) is 18.2 Å². The molecule has 140 valence electrons. The molecule has 0 saturated heterocycles. The van der Waals surface area contributed by atoms with Crippen molar-refractivity contribution in [1.29, 1.82) is 0 Å². The summed E-state index contributed by atoms with van der Waals surface area (Å²) in [5.74, 6) is -1.35. The van der Waals surface area contributed by atoms with E-state index in [0.29, 0.717) is 16.9 Å². The lowest BCUT2D eigenvalue weighted by atomic mass is 10.2. The first-order valence-corrected chi connectivity index (χ1v) is 7.66. The van der Waals surface area contributed by atoms with E-state index in [4.69, 9.17) is 16.3 Å². The van der Waals surface area contributed by atoms with Crippen molar-refractivity contribution in [3.05, 3.63) is 75.4 Å². The van der Waals surface area contributed by atoms with Gasteiger partial charge in [-0.15, -0.1) is 0 Å². The van der Waals surface area contributed by atoms with E-state index in [-0.39, 0.29) is 22.3 Å². The van der Waals surface area contributed by atoms with Crippen LogP contribution in [0.15, 0.2) is 53.5 Å². The highest BCUT2D eigenvalue weighted by molar-refractivity contribution is 6.32. The van der Waals surface area contributed by atoms with Gasteiger partial charge in [-0.1, -0.05) is 23.7 Å². The number of hydrogen-bond donors (Lipinski definition) is 1. The van der Waals surface area contributed by atoms with Crippen LogP contribution in [0.2, 0.25) is 5.02 Å². The van der Waals surface area contributed by atoms with Crippen LogP contribution in [0, 0.1) is 5.82 Å². The number of para-hydroxylation sites is 2. The Hall–Kier alpha value is -3.07. The van der Waals surface area contributed by atoms with E-state index in [1.165, 1.54) is 12.1 Å². The summed E-state index contributed by atoms with van der Waals surface area (Å²) in [4.78, 5) is 12.0. The molecule has 3 rings (SSSR count). The molecule has 0 bridgehead atoms. The number of nitrogens with zero attached hydrogens (tertiary/aromatic N) is 2. The number of ether oxygens (including phenoxy) is 1. The Morgan fingerprint density at radius 3 is 2.44 bits per heavy atom. The minimum Gasteiger partial charge on any atom is -0.504 e. The maximum absolute atomic E-state index is 14.2. The highest BCUT2D eigenvalue weighted by atomic mass is 35.5. The maximum atomic E-state index is 14.2. The van der Waals surface area contributed by atoms with Gasteiger partial charge in [-0.3, -0.25) is 4.79 Å². The molecule has 0 unspecified atom stereocenters. The fourth-order valence-electron chi connectivity index (χ4n) is 2.17. The Morgan fingerprint density at radius 1 is 1.11 bits per heavy atom. The van der Waals surface area contributed by atoms with Crippen LogP contribution in [0.4, 0.5) is 17.6 Å². The van der Waals surface area contributed by atoms with Crippen LogP contribution in [0.1, 0.15) is 5.56 Å². The Bertz CT molecular complexity index is 1070. The van der Waals surface area contributed by atoms with Gasteiger partial charge in [0.25, 0.3) is 5.56 Å². The first kappa shape index (κ1) is 18.7. The second kappa shape index (κ2) is 6.92. The van der Waals surface area contributed by atoms with Gasteiger partial charge in [0.05, 0.1) is 16.8 Å². The first-order chi connectivity index (χ1) is 12.7. The molecule has 0 amide bonds. The van der Waals surface area contributed by atoms with Crippen LogP contribution in [0.25, 0.3) is 5.69 Å². The number of rotatable bonds is 3. The predicted octanol–water partition coefficient (Wildman–Crippen LogP) is 4.54. The summed E-state index contributed by atoms with van der Waals surface area (Å²) in [5.41, 5.74) is -2.92. The summed E-state index contributed by atoms with van der Waals surface area (Å²) in [6, 6.07) is 7.97. The third-order valence-corrected chi connectivity index (χ3v) is 3.74. The molecule has 0 radical (unpaired) electrons. The normalized spacial score (nSPS) is 11.4. The lowest BCUT2D eigenvalue weighted by Gasteiger charge is -2.13. The van der Waals surface area contributed by atoms with Crippen LogP contribution in [0.3, 0.4) is 0 Å². The van der Waals surface area contributed by atoms with Crippen molar-refractivity contribution < 1.29 is 27.4 Å². The summed E-state index contributed by atoms with van der Waals surface area (Å²) in [6.07, 6.45) is -4.36. The van der Waals surface area contributed by atoms with E-state index >= 15 is 0 Å². The Labute approximate surface area is 154 Å². The van der Waals surface area contributed by atoms with Crippen LogP contribution >= 0.6 is 11.6 Å². The molecular weight excluding hydrogens is 392 g/mol. The molecule has 0 fully saturated rings. The topological polar surface area (TPSA) is 64.4 Å². The maximum Gasteiger partial charge on any atom is 0.418 e. The monoisotopic (exact) mass is 400 g/mol. The lowest BCUT2D eigenvalue weighted by molar-refractivity contribution is -0.138. The van der Waals surface area contributed by atoms with Crippen molar-refractivity contribution >= 4 is 11.6 Å². The average Bonchev–Trinajstić information content (AvgIpc) is 2.58. The first-order valence-electron chi connectivity index (χ1n) is 7.28. The van der Waals surface area contributed by atoms with Gasteiger partial charge in [-0.25, -0.2) is 4.39 Å². The molecule has 5 nitrogen and oxygen atoms in total. The highest BCUT2D eigenvalue weighted by Crippen LogP contribution is 2.36. The van der Waals surface area contributed by atoms with Crippen LogP contribution in [-0.4, -0.2) is 14.9 Å². The van der Waals surface area contributed by atoms with E-state index < -0.39 is 28.8 Å². The molecule has 1 heterocycles. The van der Waals surface area contributed by atoms with Gasteiger partial charge in [0.2, 0.25) is 0 Å². The van der Waals surface area contributed by atoms with Crippen molar-refractivity contribution in [1.82, 2.24) is 9.78 Å². The smallest absolute Gasteiger partial charge is 0.418 e. The van der Waals surface area contributed by atoms with E-state index in [9.17, 15) is 27.5 Å². The molecule has 3 aromatic rings. The molecule has 0 spiro atoms. The minimum absolute atomic E-state index is 0.00434. The molecule has 0 atom stereocenters. The van der Waals surface area contributed by atoms with Crippen molar-refractivity contribution in [3.63, 3.8) is 0 Å². The largest absolute Gasteiger partial charge is 0.504 e. The summed E-state index contributed by atoms with van der Waals surface area (Å²) in [5, 5.41) is 12.9. The van der Waals surface area contributed by atoms with E-state index in [1.807, 2.05) is 0 Å². The molecule has 0 aliphatic rings. The molecule has 1 aromatic heterocycles. The fraction of sp³-hybridized carbons (Fsp3) is 0.0588. The molecule has 0 aliphatic carbocycles. The number of aromatic nitrogens is 2. The summed E-state index contributed by atoms with van der Waals surface area (Å²) < 4.78 is 58.0.